The highest BCUT2D eigenvalue weighted by molar-refractivity contribution is 5.27. The number of piperidine rings is 2. The summed E-state index contributed by atoms with van der Waals surface area (Å²) >= 11 is 0. The van der Waals surface area contributed by atoms with Crippen molar-refractivity contribution >= 4 is 0 Å². The van der Waals surface area contributed by atoms with Crippen molar-refractivity contribution in [2.75, 3.05) is 13.7 Å². The predicted molar refractivity (Wildman–Crippen MR) is 99.9 cm³/mol. The Labute approximate surface area is 154 Å². The molecule has 2 saturated heterocycles. The van der Waals surface area contributed by atoms with E-state index in [9.17, 15) is 4.39 Å². The summed E-state index contributed by atoms with van der Waals surface area (Å²) in [5, 5.41) is 0. The van der Waals surface area contributed by atoms with E-state index >= 15 is 0 Å². The van der Waals surface area contributed by atoms with Gasteiger partial charge >= 0.3 is 0 Å². The molecule has 26 heavy (non-hydrogen) atoms. The van der Waals surface area contributed by atoms with Crippen LogP contribution in [0.4, 0.5) is 4.39 Å². The lowest BCUT2D eigenvalue weighted by Crippen LogP contribution is -2.62. The Bertz CT molecular complexity index is 725. The van der Waals surface area contributed by atoms with Gasteiger partial charge in [-0.1, -0.05) is 19.1 Å². The van der Waals surface area contributed by atoms with E-state index < -0.39 is 0 Å². The molecule has 2 aliphatic heterocycles. The lowest BCUT2D eigenvalue weighted by atomic mass is 9.65. The van der Waals surface area contributed by atoms with E-state index in [1.54, 1.807) is 19.2 Å². The minimum absolute atomic E-state index is 0.231. The van der Waals surface area contributed by atoms with E-state index in [1.165, 1.54) is 30.5 Å². The molecule has 3 aliphatic rings. The fraction of sp³-hybridized carbons (Fsp3) is 0.455. The van der Waals surface area contributed by atoms with Gasteiger partial charge in [-0.2, -0.15) is 0 Å². The van der Waals surface area contributed by atoms with Crippen LogP contribution < -0.4 is 9.47 Å². The zero-order chi connectivity index (χ0) is 18.1. The van der Waals surface area contributed by atoms with Crippen molar-refractivity contribution in [3.8, 4) is 11.5 Å². The van der Waals surface area contributed by atoms with Crippen LogP contribution in [-0.2, 0) is 6.54 Å². The van der Waals surface area contributed by atoms with Gasteiger partial charge in [-0.3, -0.25) is 4.90 Å². The third-order valence-electron chi connectivity index (χ3n) is 6.15. The van der Waals surface area contributed by atoms with Crippen LogP contribution in [0.2, 0.25) is 0 Å². The minimum atomic E-state index is -0.231. The summed E-state index contributed by atoms with van der Waals surface area (Å²) in [7, 11) is 1.69. The molecule has 1 aliphatic carbocycles. The lowest BCUT2D eigenvalue weighted by Gasteiger charge is -2.57. The first-order chi connectivity index (χ1) is 12.6. The highest BCUT2D eigenvalue weighted by Crippen LogP contribution is 2.47. The molecule has 138 valence electrons. The highest BCUT2D eigenvalue weighted by Gasteiger charge is 2.48. The van der Waals surface area contributed by atoms with Crippen LogP contribution in [0, 0.1) is 17.7 Å². The molecule has 1 saturated carbocycles. The van der Waals surface area contributed by atoms with E-state index in [0.717, 1.165) is 24.0 Å². The molecule has 0 N–H and O–H groups in total. The molecule has 3 nitrogen and oxygen atoms in total. The van der Waals surface area contributed by atoms with Crippen LogP contribution in [0.15, 0.2) is 48.5 Å². The Morgan fingerprint density at radius 2 is 1.65 bits per heavy atom. The standard InChI is InChI=1S/C22H26FNO2/c1-15-17-11-19(12-17)24(13-16-3-7-20(25-2)8-4-16)22(15)14-26-21-9-5-18(23)6-10-21/h3-10,15,17,19,22H,11-14H2,1-2H3. The molecule has 2 bridgehead atoms. The number of hydrogen-bond donors (Lipinski definition) is 0. The topological polar surface area (TPSA) is 21.7 Å². The third-order valence-corrected chi connectivity index (χ3v) is 6.15. The van der Waals surface area contributed by atoms with Gasteiger partial charge in [-0.15, -0.1) is 0 Å². The van der Waals surface area contributed by atoms with Crippen molar-refractivity contribution in [1.82, 2.24) is 4.90 Å². The average Bonchev–Trinajstić information content (AvgIpc) is 2.62. The number of halogens is 1. The van der Waals surface area contributed by atoms with Crippen molar-refractivity contribution in [2.24, 2.45) is 11.8 Å². The molecule has 2 aromatic carbocycles. The monoisotopic (exact) mass is 355 g/mol. The molecular weight excluding hydrogens is 329 g/mol. The van der Waals surface area contributed by atoms with Gasteiger partial charge in [0, 0.05) is 18.6 Å². The second-order valence-corrected chi connectivity index (χ2v) is 7.60. The van der Waals surface area contributed by atoms with Crippen molar-refractivity contribution in [3.05, 3.63) is 59.9 Å². The number of ether oxygens (including phenoxy) is 2. The van der Waals surface area contributed by atoms with Gasteiger partial charge in [0.05, 0.1) is 7.11 Å². The Balaban J connectivity index is 1.45. The number of benzene rings is 2. The van der Waals surface area contributed by atoms with Gasteiger partial charge < -0.3 is 9.47 Å². The summed E-state index contributed by atoms with van der Waals surface area (Å²) in [5.74, 6) is 2.82. The normalized spacial score (nSPS) is 27.7. The minimum Gasteiger partial charge on any atom is -0.497 e. The number of fused-ring (bicyclic) bond motifs is 2. The Morgan fingerprint density at radius 3 is 2.31 bits per heavy atom. The predicted octanol–water partition coefficient (Wildman–Crippen LogP) is 4.51. The number of hydrogen-bond acceptors (Lipinski definition) is 3. The van der Waals surface area contributed by atoms with Crippen molar-refractivity contribution in [2.45, 2.75) is 38.4 Å². The maximum atomic E-state index is 13.1. The lowest BCUT2D eigenvalue weighted by molar-refractivity contribution is -0.0923. The molecule has 0 aromatic heterocycles. The van der Waals surface area contributed by atoms with E-state index in [4.69, 9.17) is 9.47 Å². The molecule has 0 radical (unpaired) electrons. The first-order valence-corrected chi connectivity index (χ1v) is 9.41. The summed E-state index contributed by atoms with van der Waals surface area (Å²) in [4.78, 5) is 2.61. The second-order valence-electron chi connectivity index (χ2n) is 7.60. The molecular formula is C22H26FNO2. The van der Waals surface area contributed by atoms with E-state index in [2.05, 4.69) is 24.0 Å². The largest absolute Gasteiger partial charge is 0.497 e. The van der Waals surface area contributed by atoms with E-state index in [-0.39, 0.29) is 5.82 Å². The number of nitrogens with zero attached hydrogens (tertiary/aromatic N) is 1. The summed E-state index contributed by atoms with van der Waals surface area (Å²) < 4.78 is 24.4. The maximum Gasteiger partial charge on any atom is 0.123 e. The smallest absolute Gasteiger partial charge is 0.123 e. The first kappa shape index (κ1) is 17.3. The van der Waals surface area contributed by atoms with Crippen LogP contribution in [0.3, 0.4) is 0 Å². The van der Waals surface area contributed by atoms with E-state index in [0.29, 0.717) is 24.6 Å². The van der Waals surface area contributed by atoms with Gasteiger partial charge in [0.15, 0.2) is 0 Å². The summed E-state index contributed by atoms with van der Waals surface area (Å²) in [6.45, 7) is 3.93. The summed E-state index contributed by atoms with van der Waals surface area (Å²) in [5.41, 5.74) is 1.30. The summed E-state index contributed by atoms with van der Waals surface area (Å²) in [6.07, 6.45) is 2.59. The molecule has 0 spiro atoms. The first-order valence-electron chi connectivity index (χ1n) is 9.41. The highest BCUT2D eigenvalue weighted by atomic mass is 19.1. The van der Waals surface area contributed by atoms with Crippen LogP contribution in [0.1, 0.15) is 25.3 Å². The number of rotatable bonds is 6. The van der Waals surface area contributed by atoms with Crippen molar-refractivity contribution in [3.63, 3.8) is 0 Å². The molecule has 2 heterocycles. The van der Waals surface area contributed by atoms with Gasteiger partial charge in [0.25, 0.3) is 0 Å². The quantitative estimate of drug-likeness (QED) is 0.761. The Hall–Kier alpha value is -2.07. The fourth-order valence-electron chi connectivity index (χ4n) is 4.37. The fourth-order valence-corrected chi connectivity index (χ4v) is 4.37. The van der Waals surface area contributed by atoms with Gasteiger partial charge in [-0.05, 0) is 66.6 Å². The maximum absolute atomic E-state index is 13.1. The van der Waals surface area contributed by atoms with Gasteiger partial charge in [0.2, 0.25) is 0 Å². The summed E-state index contributed by atoms with van der Waals surface area (Å²) in [6, 6.07) is 15.7. The molecule has 3 fully saturated rings. The third kappa shape index (κ3) is 3.43. The van der Waals surface area contributed by atoms with Crippen molar-refractivity contribution < 1.29 is 13.9 Å². The Kier molecular flexibility index (Phi) is 4.86. The van der Waals surface area contributed by atoms with Gasteiger partial charge in [0.1, 0.15) is 23.9 Å². The molecule has 5 rings (SSSR count). The average molecular weight is 355 g/mol. The zero-order valence-electron chi connectivity index (χ0n) is 15.4. The Morgan fingerprint density at radius 1 is 1.00 bits per heavy atom. The zero-order valence-corrected chi connectivity index (χ0v) is 15.4. The van der Waals surface area contributed by atoms with Crippen LogP contribution >= 0.6 is 0 Å². The van der Waals surface area contributed by atoms with Crippen LogP contribution in [0.5, 0.6) is 11.5 Å². The molecule has 2 unspecified atom stereocenters. The molecule has 0 amide bonds. The van der Waals surface area contributed by atoms with Crippen molar-refractivity contribution in [1.29, 1.82) is 0 Å². The SMILES string of the molecule is COc1ccc(CN2C3CC(C3)C(C)C2COc2ccc(F)cc2)cc1. The second kappa shape index (κ2) is 7.28. The van der Waals surface area contributed by atoms with Crippen LogP contribution in [-0.4, -0.2) is 30.7 Å². The van der Waals surface area contributed by atoms with Crippen LogP contribution in [0.25, 0.3) is 0 Å². The molecule has 2 aromatic rings. The van der Waals surface area contributed by atoms with E-state index in [1.807, 2.05) is 12.1 Å². The molecule has 4 heteroatoms. The molecule has 2 atom stereocenters. The van der Waals surface area contributed by atoms with Gasteiger partial charge in [-0.25, -0.2) is 4.39 Å². The number of methoxy groups -OCH3 is 1.